The summed E-state index contributed by atoms with van der Waals surface area (Å²) < 4.78 is 3.31. The maximum Gasteiger partial charge on any atom is 0.129 e. The van der Waals surface area contributed by atoms with Gasteiger partial charge in [-0.2, -0.15) is 0 Å². The SMILES string of the molecule is Cc1cccc(-n2c(CCl)nc3cc(I)ccc32)c1. The molecule has 0 aliphatic rings. The summed E-state index contributed by atoms with van der Waals surface area (Å²) >= 11 is 8.35. The Morgan fingerprint density at radius 2 is 2.05 bits per heavy atom. The van der Waals surface area contributed by atoms with E-state index in [-0.39, 0.29) is 0 Å². The van der Waals surface area contributed by atoms with Crippen LogP contribution >= 0.6 is 34.2 Å². The summed E-state index contributed by atoms with van der Waals surface area (Å²) in [6.45, 7) is 2.09. The number of benzene rings is 2. The van der Waals surface area contributed by atoms with Gasteiger partial charge in [0.05, 0.1) is 16.9 Å². The monoisotopic (exact) mass is 382 g/mol. The van der Waals surface area contributed by atoms with Gasteiger partial charge in [0, 0.05) is 9.26 Å². The summed E-state index contributed by atoms with van der Waals surface area (Å²) in [6, 6.07) is 14.7. The van der Waals surface area contributed by atoms with Gasteiger partial charge in [-0.05, 0) is 65.4 Å². The highest BCUT2D eigenvalue weighted by atomic mass is 127. The van der Waals surface area contributed by atoms with Gasteiger partial charge >= 0.3 is 0 Å². The van der Waals surface area contributed by atoms with Gasteiger partial charge in [0.15, 0.2) is 0 Å². The third-order valence-corrected chi connectivity index (χ3v) is 3.98. The minimum absolute atomic E-state index is 0.402. The molecule has 0 saturated carbocycles. The topological polar surface area (TPSA) is 17.8 Å². The second kappa shape index (κ2) is 5.13. The number of hydrogen-bond acceptors (Lipinski definition) is 1. The van der Waals surface area contributed by atoms with Crippen molar-refractivity contribution in [3.63, 3.8) is 0 Å². The fraction of sp³-hybridized carbons (Fsp3) is 0.133. The average molecular weight is 383 g/mol. The summed E-state index contributed by atoms with van der Waals surface area (Å²) in [5, 5.41) is 0. The van der Waals surface area contributed by atoms with Gasteiger partial charge in [0.25, 0.3) is 0 Å². The lowest BCUT2D eigenvalue weighted by Gasteiger charge is -2.08. The van der Waals surface area contributed by atoms with E-state index < -0.39 is 0 Å². The van der Waals surface area contributed by atoms with E-state index in [1.54, 1.807) is 0 Å². The van der Waals surface area contributed by atoms with Crippen molar-refractivity contribution in [1.29, 1.82) is 0 Å². The summed E-state index contributed by atoms with van der Waals surface area (Å²) in [7, 11) is 0. The average Bonchev–Trinajstić information content (AvgIpc) is 2.76. The molecule has 19 heavy (non-hydrogen) atoms. The Bertz CT molecular complexity index is 749. The lowest BCUT2D eigenvalue weighted by Crippen LogP contribution is -1.99. The van der Waals surface area contributed by atoms with Crippen LogP contribution in [0.5, 0.6) is 0 Å². The first-order valence-electron chi connectivity index (χ1n) is 5.99. The fourth-order valence-corrected chi connectivity index (χ4v) is 2.90. The number of aryl methyl sites for hydroxylation is 1. The molecule has 3 rings (SSSR count). The minimum atomic E-state index is 0.402. The van der Waals surface area contributed by atoms with E-state index in [0.29, 0.717) is 5.88 Å². The summed E-state index contributed by atoms with van der Waals surface area (Å²) in [4.78, 5) is 4.62. The normalized spacial score (nSPS) is 11.1. The molecule has 0 aliphatic carbocycles. The number of nitrogens with zero attached hydrogens (tertiary/aromatic N) is 2. The molecule has 2 nitrogen and oxygen atoms in total. The van der Waals surface area contributed by atoms with Gasteiger partial charge in [-0.3, -0.25) is 4.57 Å². The zero-order valence-corrected chi connectivity index (χ0v) is 13.3. The zero-order valence-electron chi connectivity index (χ0n) is 10.4. The van der Waals surface area contributed by atoms with Crippen molar-refractivity contribution in [2.75, 3.05) is 0 Å². The number of aromatic nitrogens is 2. The Morgan fingerprint density at radius 1 is 1.21 bits per heavy atom. The quantitative estimate of drug-likeness (QED) is 0.465. The van der Waals surface area contributed by atoms with Crippen LogP contribution in [-0.2, 0) is 5.88 Å². The van der Waals surface area contributed by atoms with Gasteiger partial charge < -0.3 is 0 Å². The van der Waals surface area contributed by atoms with Gasteiger partial charge in [-0.15, -0.1) is 11.6 Å². The molecule has 2 aromatic carbocycles. The molecule has 0 aliphatic heterocycles. The fourth-order valence-electron chi connectivity index (χ4n) is 2.25. The maximum atomic E-state index is 6.05. The van der Waals surface area contributed by atoms with E-state index >= 15 is 0 Å². The van der Waals surface area contributed by atoms with E-state index in [0.717, 1.165) is 22.5 Å². The molecule has 0 N–H and O–H groups in total. The molecule has 1 aromatic heterocycles. The lowest BCUT2D eigenvalue weighted by atomic mass is 10.2. The summed E-state index contributed by atoms with van der Waals surface area (Å²) in [5.41, 5.74) is 4.43. The summed E-state index contributed by atoms with van der Waals surface area (Å²) in [6.07, 6.45) is 0. The molecule has 0 spiro atoms. The lowest BCUT2D eigenvalue weighted by molar-refractivity contribution is 0.980. The Kier molecular flexibility index (Phi) is 3.50. The molecule has 0 fully saturated rings. The van der Waals surface area contributed by atoms with Crippen molar-refractivity contribution in [3.05, 3.63) is 57.4 Å². The molecular weight excluding hydrogens is 371 g/mol. The van der Waals surface area contributed by atoms with Crippen LogP contribution in [-0.4, -0.2) is 9.55 Å². The highest BCUT2D eigenvalue weighted by Gasteiger charge is 2.11. The molecule has 3 aromatic rings. The van der Waals surface area contributed by atoms with Crippen molar-refractivity contribution < 1.29 is 0 Å². The van der Waals surface area contributed by atoms with Crippen molar-refractivity contribution in [2.45, 2.75) is 12.8 Å². The molecule has 0 atom stereocenters. The highest BCUT2D eigenvalue weighted by Crippen LogP contribution is 2.24. The second-order valence-electron chi connectivity index (χ2n) is 4.47. The van der Waals surface area contributed by atoms with Gasteiger partial charge in [-0.25, -0.2) is 4.98 Å². The van der Waals surface area contributed by atoms with E-state index in [1.165, 1.54) is 9.13 Å². The highest BCUT2D eigenvalue weighted by molar-refractivity contribution is 14.1. The third kappa shape index (κ3) is 2.37. The first-order chi connectivity index (χ1) is 9.19. The molecule has 0 saturated heterocycles. The van der Waals surface area contributed by atoms with Crippen molar-refractivity contribution in [1.82, 2.24) is 9.55 Å². The predicted octanol–water partition coefficient (Wildman–Crippen LogP) is 4.68. The number of rotatable bonds is 2. The van der Waals surface area contributed by atoms with Crippen LogP contribution in [0.1, 0.15) is 11.4 Å². The van der Waals surface area contributed by atoms with Crippen LogP contribution < -0.4 is 0 Å². The molecule has 1 heterocycles. The number of alkyl halides is 1. The second-order valence-corrected chi connectivity index (χ2v) is 5.98. The van der Waals surface area contributed by atoms with E-state index in [1.807, 2.05) is 0 Å². The number of fused-ring (bicyclic) bond motifs is 1. The van der Waals surface area contributed by atoms with Crippen LogP contribution in [0, 0.1) is 10.5 Å². The molecule has 0 bridgehead atoms. The van der Waals surface area contributed by atoms with Gasteiger partial charge in [0.1, 0.15) is 5.82 Å². The molecule has 0 unspecified atom stereocenters. The first-order valence-corrected chi connectivity index (χ1v) is 7.60. The van der Waals surface area contributed by atoms with Gasteiger partial charge in [0.2, 0.25) is 0 Å². The van der Waals surface area contributed by atoms with Crippen molar-refractivity contribution >= 4 is 45.2 Å². The third-order valence-electron chi connectivity index (χ3n) is 3.07. The van der Waals surface area contributed by atoms with Crippen LogP contribution in [0.4, 0.5) is 0 Å². The Morgan fingerprint density at radius 3 is 2.79 bits per heavy atom. The Balaban J connectivity index is 2.32. The van der Waals surface area contributed by atoms with E-state index in [9.17, 15) is 0 Å². The Hall–Kier alpha value is -1.07. The predicted molar refractivity (Wildman–Crippen MR) is 88.1 cm³/mol. The van der Waals surface area contributed by atoms with Crippen molar-refractivity contribution in [2.24, 2.45) is 0 Å². The number of imidazole rings is 1. The Labute approximate surface area is 130 Å². The van der Waals surface area contributed by atoms with Gasteiger partial charge in [-0.1, -0.05) is 12.1 Å². The van der Waals surface area contributed by atoms with Crippen LogP contribution in [0.25, 0.3) is 16.7 Å². The zero-order chi connectivity index (χ0) is 13.4. The number of hydrogen-bond donors (Lipinski definition) is 0. The van der Waals surface area contributed by atoms with Crippen LogP contribution in [0.15, 0.2) is 42.5 Å². The molecule has 0 amide bonds. The first kappa shape index (κ1) is 12.9. The molecule has 96 valence electrons. The minimum Gasteiger partial charge on any atom is -0.295 e. The largest absolute Gasteiger partial charge is 0.295 e. The van der Waals surface area contributed by atoms with E-state index in [2.05, 4.69) is 81.5 Å². The molecule has 4 heteroatoms. The van der Waals surface area contributed by atoms with E-state index in [4.69, 9.17) is 11.6 Å². The standard InChI is InChI=1S/C15H12ClIN2/c1-10-3-2-4-12(7-10)19-14-6-5-11(17)8-13(14)18-15(19)9-16/h2-8H,9H2,1H3. The summed E-state index contributed by atoms with van der Waals surface area (Å²) in [5.74, 6) is 1.28. The smallest absolute Gasteiger partial charge is 0.129 e. The molecule has 0 radical (unpaired) electrons. The van der Waals surface area contributed by atoms with Crippen LogP contribution in [0.2, 0.25) is 0 Å². The maximum absolute atomic E-state index is 6.05. The number of halogens is 2. The molecular formula is C15H12ClIN2. The van der Waals surface area contributed by atoms with Crippen LogP contribution in [0.3, 0.4) is 0 Å². The van der Waals surface area contributed by atoms with Crippen molar-refractivity contribution in [3.8, 4) is 5.69 Å².